The minimum Gasteiger partial charge on any atom is -0.465 e. The minimum absolute atomic E-state index is 0.332. The zero-order chi connectivity index (χ0) is 18.7. The zero-order valence-corrected chi connectivity index (χ0v) is 15.2. The van der Waals surface area contributed by atoms with E-state index >= 15 is 0 Å². The molecule has 3 rings (SSSR count). The van der Waals surface area contributed by atoms with Gasteiger partial charge in [-0.25, -0.2) is 9.78 Å². The summed E-state index contributed by atoms with van der Waals surface area (Å²) in [6.07, 6.45) is 4.27. The zero-order valence-electron chi connectivity index (χ0n) is 14.5. The number of benzene rings is 1. The largest absolute Gasteiger partial charge is 0.465 e. The summed E-state index contributed by atoms with van der Waals surface area (Å²) in [5.74, 6) is -0.00352. The molecule has 6 heteroatoms. The maximum absolute atomic E-state index is 11.8. The number of esters is 1. The van der Waals surface area contributed by atoms with Gasteiger partial charge in [0.25, 0.3) is 0 Å². The molecule has 0 fully saturated rings. The number of ether oxygens (including phenoxy) is 1. The number of nitrogens with zero attached hydrogens (tertiary/aromatic N) is 2. The lowest BCUT2D eigenvalue weighted by Gasteiger charge is -2.14. The number of rotatable bonds is 4. The van der Waals surface area contributed by atoms with E-state index in [4.69, 9.17) is 22.1 Å². The molecule has 0 spiro atoms. The monoisotopic (exact) mass is 367 g/mol. The fourth-order valence-corrected chi connectivity index (χ4v) is 3.10. The number of anilines is 1. The van der Waals surface area contributed by atoms with Gasteiger partial charge < -0.3 is 10.5 Å². The Morgan fingerprint density at radius 3 is 2.54 bits per heavy atom. The summed E-state index contributed by atoms with van der Waals surface area (Å²) in [5, 5.41) is 0.339. The topological polar surface area (TPSA) is 78.1 Å². The van der Waals surface area contributed by atoms with Crippen LogP contribution < -0.4 is 5.73 Å². The van der Waals surface area contributed by atoms with Gasteiger partial charge in [0, 0.05) is 29.2 Å². The molecule has 0 aliphatic heterocycles. The molecule has 26 heavy (non-hydrogen) atoms. The highest BCUT2D eigenvalue weighted by Crippen LogP contribution is 2.36. The number of nitrogens with two attached hydrogens (primary N) is 1. The van der Waals surface area contributed by atoms with E-state index in [1.165, 1.54) is 7.11 Å². The molecular formula is C20H18ClN3O2. The van der Waals surface area contributed by atoms with Gasteiger partial charge in [-0.3, -0.25) is 4.98 Å². The lowest BCUT2D eigenvalue weighted by atomic mass is 9.93. The van der Waals surface area contributed by atoms with Crippen molar-refractivity contribution in [1.29, 1.82) is 0 Å². The molecule has 3 aromatic rings. The maximum atomic E-state index is 11.8. The van der Waals surface area contributed by atoms with Gasteiger partial charge in [-0.15, -0.1) is 0 Å². The second-order valence-electron chi connectivity index (χ2n) is 5.69. The predicted octanol–water partition coefficient (Wildman–Crippen LogP) is 4.40. The average Bonchev–Trinajstić information content (AvgIpc) is 2.67. The summed E-state index contributed by atoms with van der Waals surface area (Å²) >= 11 is 6.30. The van der Waals surface area contributed by atoms with Gasteiger partial charge in [-0.1, -0.05) is 24.6 Å². The lowest BCUT2D eigenvalue weighted by molar-refractivity contribution is 0.0601. The van der Waals surface area contributed by atoms with Gasteiger partial charge in [0.2, 0.25) is 0 Å². The Morgan fingerprint density at radius 1 is 1.15 bits per heavy atom. The molecular weight excluding hydrogens is 350 g/mol. The van der Waals surface area contributed by atoms with Crippen molar-refractivity contribution < 1.29 is 9.53 Å². The van der Waals surface area contributed by atoms with E-state index in [0.29, 0.717) is 16.4 Å². The third-order valence-corrected chi connectivity index (χ3v) is 4.44. The smallest absolute Gasteiger partial charge is 0.339 e. The van der Waals surface area contributed by atoms with Crippen LogP contribution in [0.25, 0.3) is 22.3 Å². The van der Waals surface area contributed by atoms with Crippen molar-refractivity contribution in [3.63, 3.8) is 0 Å². The number of halogens is 1. The molecule has 0 aliphatic rings. The fourth-order valence-electron chi connectivity index (χ4n) is 2.85. The first-order chi connectivity index (χ1) is 12.5. The number of aromatic nitrogens is 2. The SMILES string of the molecule is CCc1nccc(-c2ccc(C(=O)OC)c(Cl)c2)c1-c1ccc(N)nc1. The van der Waals surface area contributed by atoms with Crippen LogP contribution in [0.5, 0.6) is 0 Å². The number of hydrogen-bond acceptors (Lipinski definition) is 5. The second-order valence-corrected chi connectivity index (χ2v) is 6.10. The van der Waals surface area contributed by atoms with Crippen molar-refractivity contribution in [2.75, 3.05) is 12.8 Å². The summed E-state index contributed by atoms with van der Waals surface area (Å²) in [4.78, 5) is 20.5. The highest BCUT2D eigenvalue weighted by atomic mass is 35.5. The first-order valence-electron chi connectivity index (χ1n) is 8.13. The molecule has 0 atom stereocenters. The number of pyridine rings is 2. The van der Waals surface area contributed by atoms with E-state index in [1.54, 1.807) is 30.6 Å². The maximum Gasteiger partial charge on any atom is 0.339 e. The molecule has 0 aliphatic carbocycles. The quantitative estimate of drug-likeness (QED) is 0.691. The Morgan fingerprint density at radius 2 is 1.92 bits per heavy atom. The Bertz CT molecular complexity index is 956. The molecule has 0 bridgehead atoms. The van der Waals surface area contributed by atoms with Crippen molar-refractivity contribution in [2.45, 2.75) is 13.3 Å². The normalized spacial score (nSPS) is 10.6. The predicted molar refractivity (Wildman–Crippen MR) is 103 cm³/mol. The van der Waals surface area contributed by atoms with Crippen molar-refractivity contribution in [3.8, 4) is 22.3 Å². The van der Waals surface area contributed by atoms with Gasteiger partial charge in [0.05, 0.1) is 17.7 Å². The summed E-state index contributed by atoms with van der Waals surface area (Å²) in [5.41, 5.74) is 10.7. The van der Waals surface area contributed by atoms with Crippen LogP contribution in [-0.4, -0.2) is 23.0 Å². The number of carbonyl (C=O) groups is 1. The Hall–Kier alpha value is -2.92. The number of hydrogen-bond donors (Lipinski definition) is 1. The Kier molecular flexibility index (Phi) is 5.19. The molecule has 0 saturated heterocycles. The summed E-state index contributed by atoms with van der Waals surface area (Å²) < 4.78 is 4.75. The van der Waals surface area contributed by atoms with E-state index in [1.807, 2.05) is 25.1 Å². The van der Waals surface area contributed by atoms with Crippen LogP contribution in [0.2, 0.25) is 5.02 Å². The number of carbonyl (C=O) groups excluding carboxylic acids is 1. The Balaban J connectivity index is 2.18. The van der Waals surface area contributed by atoms with Crippen LogP contribution in [0.1, 0.15) is 23.0 Å². The van der Waals surface area contributed by atoms with Crippen LogP contribution in [0.4, 0.5) is 5.82 Å². The molecule has 132 valence electrons. The molecule has 2 aromatic heterocycles. The number of nitrogen functional groups attached to an aromatic ring is 1. The van der Waals surface area contributed by atoms with Gasteiger partial charge in [0.15, 0.2) is 0 Å². The molecule has 5 nitrogen and oxygen atoms in total. The van der Waals surface area contributed by atoms with Gasteiger partial charge in [-0.05, 0) is 47.9 Å². The van der Waals surface area contributed by atoms with E-state index in [2.05, 4.69) is 9.97 Å². The molecule has 0 unspecified atom stereocenters. The number of aryl methyl sites for hydroxylation is 1. The third-order valence-electron chi connectivity index (χ3n) is 4.12. The van der Waals surface area contributed by atoms with Crippen LogP contribution in [-0.2, 0) is 11.2 Å². The van der Waals surface area contributed by atoms with Crippen molar-refractivity contribution in [2.24, 2.45) is 0 Å². The van der Waals surface area contributed by atoms with Crippen molar-refractivity contribution in [3.05, 3.63) is 65.1 Å². The van der Waals surface area contributed by atoms with Crippen LogP contribution in [0.3, 0.4) is 0 Å². The summed E-state index contributed by atoms with van der Waals surface area (Å²) in [6.45, 7) is 2.05. The number of methoxy groups -OCH3 is 1. The van der Waals surface area contributed by atoms with Crippen LogP contribution in [0.15, 0.2) is 48.8 Å². The Labute approximate surface area is 156 Å². The van der Waals surface area contributed by atoms with Crippen LogP contribution >= 0.6 is 11.6 Å². The highest BCUT2D eigenvalue weighted by molar-refractivity contribution is 6.33. The highest BCUT2D eigenvalue weighted by Gasteiger charge is 2.16. The molecule has 0 radical (unpaired) electrons. The second kappa shape index (κ2) is 7.54. The third kappa shape index (κ3) is 3.39. The molecule has 2 N–H and O–H groups in total. The summed E-state index contributed by atoms with van der Waals surface area (Å²) in [6, 6.07) is 10.9. The standard InChI is InChI=1S/C20H18ClN3O2/c1-3-17-19(13-5-7-18(22)24-11-13)14(8-9-23-17)12-4-6-15(16(21)10-12)20(25)26-2/h4-11H,3H2,1-2H3,(H2,22,24). The molecule has 0 amide bonds. The average molecular weight is 368 g/mol. The van der Waals surface area contributed by atoms with Crippen molar-refractivity contribution >= 4 is 23.4 Å². The molecule has 1 aromatic carbocycles. The van der Waals surface area contributed by atoms with E-state index in [9.17, 15) is 4.79 Å². The summed E-state index contributed by atoms with van der Waals surface area (Å²) in [7, 11) is 1.33. The van der Waals surface area contributed by atoms with E-state index in [-0.39, 0.29) is 0 Å². The van der Waals surface area contributed by atoms with Crippen LogP contribution in [0, 0.1) is 0 Å². The van der Waals surface area contributed by atoms with Gasteiger partial charge in [0.1, 0.15) is 5.82 Å². The van der Waals surface area contributed by atoms with Gasteiger partial charge >= 0.3 is 5.97 Å². The fraction of sp³-hybridized carbons (Fsp3) is 0.150. The molecule has 0 saturated carbocycles. The molecule has 2 heterocycles. The van der Waals surface area contributed by atoms with Gasteiger partial charge in [-0.2, -0.15) is 0 Å². The minimum atomic E-state index is -0.464. The first-order valence-corrected chi connectivity index (χ1v) is 8.51. The van der Waals surface area contributed by atoms with E-state index < -0.39 is 5.97 Å². The lowest BCUT2D eigenvalue weighted by Crippen LogP contribution is -2.02. The van der Waals surface area contributed by atoms with Crippen molar-refractivity contribution in [1.82, 2.24) is 9.97 Å². The first kappa shape index (κ1) is 17.9. The van der Waals surface area contributed by atoms with E-state index in [0.717, 1.165) is 34.4 Å².